The number of carbonyl (C=O) groups excluding carboxylic acids is 3. The van der Waals surface area contributed by atoms with Gasteiger partial charge in [0.25, 0.3) is 0 Å². The predicted octanol–water partition coefficient (Wildman–Crippen LogP) is 0.919. The number of nitrogens with zero attached hydrogens (tertiary/aromatic N) is 2. The predicted molar refractivity (Wildman–Crippen MR) is 88.4 cm³/mol. The summed E-state index contributed by atoms with van der Waals surface area (Å²) >= 11 is 1.58. The number of nitrogens with one attached hydrogen (secondary N) is 1. The molecule has 1 atom stereocenters. The molecule has 0 bridgehead atoms. The molecular formula is C15H27N3O3S. The lowest BCUT2D eigenvalue weighted by atomic mass is 9.94. The molecule has 0 aromatic rings. The summed E-state index contributed by atoms with van der Waals surface area (Å²) in [6, 6.07) is -0.467. The second kappa shape index (κ2) is 7.85. The first-order valence-electron chi connectivity index (χ1n) is 7.66. The van der Waals surface area contributed by atoms with Crippen molar-refractivity contribution in [3.05, 3.63) is 0 Å². The highest BCUT2D eigenvalue weighted by molar-refractivity contribution is 7.99. The van der Waals surface area contributed by atoms with E-state index in [9.17, 15) is 14.4 Å². The molecular weight excluding hydrogens is 302 g/mol. The molecule has 1 heterocycles. The average molecular weight is 329 g/mol. The van der Waals surface area contributed by atoms with Gasteiger partial charge in [0, 0.05) is 24.3 Å². The first-order valence-corrected chi connectivity index (χ1v) is 8.82. The molecule has 6 nitrogen and oxygen atoms in total. The van der Waals surface area contributed by atoms with E-state index >= 15 is 0 Å². The maximum atomic E-state index is 12.7. The minimum Gasteiger partial charge on any atom is -0.355 e. The molecule has 1 saturated heterocycles. The van der Waals surface area contributed by atoms with Crippen molar-refractivity contribution in [2.75, 3.05) is 31.3 Å². The summed E-state index contributed by atoms with van der Waals surface area (Å²) in [7, 11) is 0. The largest absolute Gasteiger partial charge is 0.355 e. The molecule has 1 fully saturated rings. The number of likely N-dealkylation sites (N-methyl/N-ethyl adjacent to an activating group) is 2. The lowest BCUT2D eigenvalue weighted by Crippen LogP contribution is -2.53. The topological polar surface area (TPSA) is 69.7 Å². The van der Waals surface area contributed by atoms with Gasteiger partial charge in [-0.1, -0.05) is 20.8 Å². The number of carbonyl (C=O) groups is 3. The third-order valence-corrected chi connectivity index (χ3v) is 4.48. The van der Waals surface area contributed by atoms with E-state index in [0.717, 1.165) is 0 Å². The summed E-state index contributed by atoms with van der Waals surface area (Å²) in [5.41, 5.74) is -0.514. The second-order valence-electron chi connectivity index (χ2n) is 6.35. The maximum absolute atomic E-state index is 12.7. The smallest absolute Gasteiger partial charge is 0.246 e. The highest BCUT2D eigenvalue weighted by Gasteiger charge is 2.40. The average Bonchev–Trinajstić information content (AvgIpc) is 2.91. The molecule has 0 unspecified atom stereocenters. The standard InChI is InChI=1S/C15H27N3O3S/c1-6-16-12(19)8-17(7-2)13(20)11-9-22-10-18(11)14(21)15(3,4)5/h11H,6-10H2,1-5H3,(H,16,19)/t11-/m0/s1. The molecule has 0 aliphatic carbocycles. The fourth-order valence-electron chi connectivity index (χ4n) is 2.26. The third kappa shape index (κ3) is 4.63. The van der Waals surface area contributed by atoms with E-state index in [2.05, 4.69) is 5.32 Å². The lowest BCUT2D eigenvalue weighted by molar-refractivity contribution is -0.148. The summed E-state index contributed by atoms with van der Waals surface area (Å²) < 4.78 is 0. The summed E-state index contributed by atoms with van der Waals surface area (Å²) in [6.07, 6.45) is 0. The monoisotopic (exact) mass is 329 g/mol. The van der Waals surface area contributed by atoms with Crippen LogP contribution in [0.4, 0.5) is 0 Å². The van der Waals surface area contributed by atoms with Crippen molar-refractivity contribution in [1.29, 1.82) is 0 Å². The zero-order valence-corrected chi connectivity index (χ0v) is 15.0. The minimum absolute atomic E-state index is 0.0232. The van der Waals surface area contributed by atoms with Gasteiger partial charge in [-0.15, -0.1) is 11.8 Å². The van der Waals surface area contributed by atoms with E-state index in [4.69, 9.17) is 0 Å². The van der Waals surface area contributed by atoms with Gasteiger partial charge in [0.1, 0.15) is 6.04 Å². The van der Waals surface area contributed by atoms with Gasteiger partial charge in [-0.2, -0.15) is 0 Å². The summed E-state index contributed by atoms with van der Waals surface area (Å²) in [4.78, 5) is 40.1. The molecule has 22 heavy (non-hydrogen) atoms. The normalized spacial score (nSPS) is 18.2. The van der Waals surface area contributed by atoms with Gasteiger partial charge in [-0.3, -0.25) is 14.4 Å². The van der Waals surface area contributed by atoms with Crippen LogP contribution in [-0.2, 0) is 14.4 Å². The van der Waals surface area contributed by atoms with Crippen molar-refractivity contribution in [2.24, 2.45) is 5.41 Å². The van der Waals surface area contributed by atoms with Crippen LogP contribution in [-0.4, -0.2) is 64.8 Å². The van der Waals surface area contributed by atoms with Gasteiger partial charge >= 0.3 is 0 Å². The Hall–Kier alpha value is -1.24. The zero-order valence-electron chi connectivity index (χ0n) is 14.1. The van der Waals surface area contributed by atoms with E-state index in [-0.39, 0.29) is 24.3 Å². The van der Waals surface area contributed by atoms with Gasteiger partial charge in [-0.05, 0) is 13.8 Å². The van der Waals surface area contributed by atoms with Crippen LogP contribution in [0.3, 0.4) is 0 Å². The number of hydrogen-bond donors (Lipinski definition) is 1. The third-order valence-electron chi connectivity index (χ3n) is 3.47. The van der Waals surface area contributed by atoms with Crippen LogP contribution in [0.25, 0.3) is 0 Å². The van der Waals surface area contributed by atoms with Crippen LogP contribution >= 0.6 is 11.8 Å². The Morgan fingerprint density at radius 1 is 1.27 bits per heavy atom. The molecule has 126 valence electrons. The van der Waals surface area contributed by atoms with E-state index < -0.39 is 11.5 Å². The molecule has 7 heteroatoms. The molecule has 3 amide bonds. The maximum Gasteiger partial charge on any atom is 0.246 e. The summed E-state index contributed by atoms with van der Waals surface area (Å²) in [5, 5.41) is 2.70. The van der Waals surface area contributed by atoms with Gasteiger partial charge in [0.05, 0.1) is 12.4 Å². The van der Waals surface area contributed by atoms with Gasteiger partial charge in [0.15, 0.2) is 0 Å². The molecule has 0 aromatic heterocycles. The zero-order chi connectivity index (χ0) is 16.9. The molecule has 1 N–H and O–H groups in total. The molecule has 0 saturated carbocycles. The molecule has 1 aliphatic rings. The molecule has 0 spiro atoms. The van der Waals surface area contributed by atoms with Crippen LogP contribution in [0.15, 0.2) is 0 Å². The van der Waals surface area contributed by atoms with Crippen molar-refractivity contribution >= 4 is 29.5 Å². The van der Waals surface area contributed by atoms with Crippen LogP contribution in [0.1, 0.15) is 34.6 Å². The van der Waals surface area contributed by atoms with E-state index in [0.29, 0.717) is 24.7 Å². The first kappa shape index (κ1) is 18.8. The minimum atomic E-state index is -0.514. The van der Waals surface area contributed by atoms with Gasteiger partial charge < -0.3 is 15.1 Å². The van der Waals surface area contributed by atoms with E-state index in [1.807, 2.05) is 34.6 Å². The fraction of sp³-hybridized carbons (Fsp3) is 0.800. The van der Waals surface area contributed by atoms with Crippen molar-refractivity contribution in [2.45, 2.75) is 40.7 Å². The Bertz CT molecular complexity index is 434. The van der Waals surface area contributed by atoms with Crippen LogP contribution in [0.2, 0.25) is 0 Å². The van der Waals surface area contributed by atoms with E-state index in [1.165, 1.54) is 4.90 Å². The Morgan fingerprint density at radius 2 is 1.91 bits per heavy atom. The van der Waals surface area contributed by atoms with Crippen molar-refractivity contribution in [3.8, 4) is 0 Å². The second-order valence-corrected chi connectivity index (χ2v) is 7.35. The van der Waals surface area contributed by atoms with Crippen LogP contribution in [0, 0.1) is 5.41 Å². The Morgan fingerprint density at radius 3 is 2.41 bits per heavy atom. The lowest BCUT2D eigenvalue weighted by Gasteiger charge is -2.32. The van der Waals surface area contributed by atoms with Crippen LogP contribution < -0.4 is 5.32 Å². The number of rotatable bonds is 5. The first-order chi connectivity index (χ1) is 10.2. The summed E-state index contributed by atoms with van der Waals surface area (Å²) in [5.74, 6) is 0.788. The highest BCUT2D eigenvalue weighted by Crippen LogP contribution is 2.28. The van der Waals surface area contributed by atoms with Crippen molar-refractivity contribution in [3.63, 3.8) is 0 Å². The number of hydrogen-bond acceptors (Lipinski definition) is 4. The fourth-order valence-corrected chi connectivity index (χ4v) is 3.41. The highest BCUT2D eigenvalue weighted by atomic mass is 32.2. The van der Waals surface area contributed by atoms with Crippen molar-refractivity contribution < 1.29 is 14.4 Å². The molecule has 1 aliphatic heterocycles. The van der Waals surface area contributed by atoms with Gasteiger partial charge in [0.2, 0.25) is 17.7 Å². The Balaban J connectivity index is 2.80. The Labute approximate surface area is 137 Å². The van der Waals surface area contributed by atoms with Gasteiger partial charge in [-0.25, -0.2) is 0 Å². The molecule has 0 radical (unpaired) electrons. The number of amides is 3. The summed E-state index contributed by atoms with van der Waals surface area (Å²) in [6.45, 7) is 10.3. The quantitative estimate of drug-likeness (QED) is 0.814. The Kier molecular flexibility index (Phi) is 6.71. The SMILES string of the molecule is CCNC(=O)CN(CC)C(=O)[C@@H]1CSCN1C(=O)C(C)(C)C. The van der Waals surface area contributed by atoms with E-state index in [1.54, 1.807) is 16.7 Å². The van der Waals surface area contributed by atoms with Crippen LogP contribution in [0.5, 0.6) is 0 Å². The van der Waals surface area contributed by atoms with Crippen molar-refractivity contribution in [1.82, 2.24) is 15.1 Å². The molecule has 1 rings (SSSR count). The molecule has 0 aromatic carbocycles. The number of thioether (sulfide) groups is 1.